The number of hydrogen-bond donors (Lipinski definition) is 3. The first-order chi connectivity index (χ1) is 15.0. The first-order valence-corrected chi connectivity index (χ1v) is 10.9. The fourth-order valence-corrected chi connectivity index (χ4v) is 5.88. The highest BCUT2D eigenvalue weighted by atomic mass is 16.5. The summed E-state index contributed by atoms with van der Waals surface area (Å²) in [4.78, 5) is 36.6. The van der Waals surface area contributed by atoms with Gasteiger partial charge in [0, 0.05) is 18.4 Å². The van der Waals surface area contributed by atoms with Crippen molar-refractivity contribution in [2.24, 2.45) is 23.2 Å². The molecule has 0 radical (unpaired) electrons. The van der Waals surface area contributed by atoms with Crippen LogP contribution in [0.4, 0.5) is 0 Å². The summed E-state index contributed by atoms with van der Waals surface area (Å²) < 4.78 is 5.30. The van der Waals surface area contributed by atoms with E-state index in [-0.39, 0.29) is 36.8 Å². The first-order valence-electron chi connectivity index (χ1n) is 10.9. The van der Waals surface area contributed by atoms with E-state index in [9.17, 15) is 14.4 Å². The number of ether oxygens (including phenoxy) is 1. The van der Waals surface area contributed by atoms with Crippen LogP contribution in [0.15, 0.2) is 24.3 Å². The number of rotatable bonds is 7. The van der Waals surface area contributed by atoms with Crippen LogP contribution in [-0.4, -0.2) is 30.9 Å². The molecule has 0 atom stereocenters. The number of nitrogens with zero attached hydrogens (tertiary/aromatic N) is 1. The Kier molecular flexibility index (Phi) is 6.12. The molecule has 0 unspecified atom stereocenters. The average molecular weight is 425 g/mol. The van der Waals surface area contributed by atoms with Gasteiger partial charge in [-0.05, 0) is 80.5 Å². The number of benzene rings is 1. The molecule has 31 heavy (non-hydrogen) atoms. The summed E-state index contributed by atoms with van der Waals surface area (Å²) in [7, 11) is 0. The third-order valence-corrected chi connectivity index (χ3v) is 6.85. The van der Waals surface area contributed by atoms with Crippen LogP contribution in [0.25, 0.3) is 0 Å². The van der Waals surface area contributed by atoms with Crippen LogP contribution in [0, 0.1) is 34.5 Å². The predicted molar refractivity (Wildman–Crippen MR) is 111 cm³/mol. The van der Waals surface area contributed by atoms with Gasteiger partial charge in [0.1, 0.15) is 5.75 Å². The molecule has 1 aromatic carbocycles. The maximum absolute atomic E-state index is 12.9. The molecule has 4 aliphatic carbocycles. The molecule has 5 rings (SSSR count). The second-order valence-corrected chi connectivity index (χ2v) is 9.22. The van der Waals surface area contributed by atoms with Crippen LogP contribution in [0.3, 0.4) is 0 Å². The summed E-state index contributed by atoms with van der Waals surface area (Å²) in [6, 6.07) is 8.37. The lowest BCUT2D eigenvalue weighted by Gasteiger charge is -2.55. The molecule has 0 aromatic heterocycles. The van der Waals surface area contributed by atoms with Gasteiger partial charge in [0.25, 0.3) is 5.91 Å². The largest absolute Gasteiger partial charge is 0.484 e. The summed E-state index contributed by atoms with van der Waals surface area (Å²) in [5, 5.41) is 11.7. The van der Waals surface area contributed by atoms with Gasteiger partial charge in [-0.25, -0.2) is 0 Å². The molecule has 8 heteroatoms. The van der Waals surface area contributed by atoms with Crippen LogP contribution in [0.5, 0.6) is 5.75 Å². The molecule has 8 nitrogen and oxygen atoms in total. The Morgan fingerprint density at radius 1 is 0.968 bits per heavy atom. The minimum atomic E-state index is -0.504. The molecule has 0 saturated heterocycles. The van der Waals surface area contributed by atoms with Crippen molar-refractivity contribution in [3.8, 4) is 11.8 Å². The van der Waals surface area contributed by atoms with Crippen LogP contribution in [0.2, 0.25) is 0 Å². The van der Waals surface area contributed by atoms with Crippen molar-refractivity contribution < 1.29 is 19.1 Å². The fourth-order valence-electron chi connectivity index (χ4n) is 5.88. The van der Waals surface area contributed by atoms with Gasteiger partial charge in [0.05, 0.1) is 11.6 Å². The van der Waals surface area contributed by atoms with Crippen LogP contribution < -0.4 is 20.9 Å². The summed E-state index contributed by atoms with van der Waals surface area (Å²) in [5.74, 6) is 1.76. The van der Waals surface area contributed by atoms with Crippen molar-refractivity contribution >= 4 is 17.7 Å². The molecule has 3 amide bonds. The Morgan fingerprint density at radius 2 is 1.55 bits per heavy atom. The lowest BCUT2D eigenvalue weighted by Crippen LogP contribution is -2.54. The Bertz CT molecular complexity index is 855. The molecule has 0 heterocycles. The van der Waals surface area contributed by atoms with Crippen molar-refractivity contribution in [1.82, 2.24) is 16.2 Å². The molecule has 164 valence electrons. The molecule has 4 aliphatic rings. The highest BCUT2D eigenvalue weighted by Gasteiger charge is 2.54. The second kappa shape index (κ2) is 8.96. The minimum Gasteiger partial charge on any atom is -0.484 e. The molecule has 0 aliphatic heterocycles. The summed E-state index contributed by atoms with van der Waals surface area (Å²) in [6.07, 6.45) is 6.91. The van der Waals surface area contributed by atoms with Crippen molar-refractivity contribution in [2.75, 3.05) is 13.2 Å². The van der Waals surface area contributed by atoms with Gasteiger partial charge in [-0.2, -0.15) is 5.26 Å². The number of hydrogen-bond acceptors (Lipinski definition) is 5. The van der Waals surface area contributed by atoms with Gasteiger partial charge in [-0.15, -0.1) is 0 Å². The zero-order chi connectivity index (χ0) is 21.8. The summed E-state index contributed by atoms with van der Waals surface area (Å²) in [6.45, 7) is -0.0149. The van der Waals surface area contributed by atoms with Gasteiger partial charge in [0.15, 0.2) is 6.61 Å². The van der Waals surface area contributed by atoms with Gasteiger partial charge in [0.2, 0.25) is 11.8 Å². The van der Waals surface area contributed by atoms with Crippen molar-refractivity contribution in [1.29, 1.82) is 5.26 Å². The highest BCUT2D eigenvalue weighted by Crippen LogP contribution is 2.60. The maximum Gasteiger partial charge on any atom is 0.276 e. The Balaban J connectivity index is 1.12. The summed E-state index contributed by atoms with van der Waals surface area (Å²) >= 11 is 0. The second-order valence-electron chi connectivity index (χ2n) is 9.22. The van der Waals surface area contributed by atoms with Gasteiger partial charge in [-0.1, -0.05) is 0 Å². The number of amides is 3. The topological polar surface area (TPSA) is 120 Å². The quantitative estimate of drug-likeness (QED) is 0.577. The van der Waals surface area contributed by atoms with E-state index in [1.54, 1.807) is 24.3 Å². The SMILES string of the molecule is N#Cc1ccc(OCC(=O)NNC(=O)CCNC(=O)C23CC4CC(CC(C4)C2)C3)cc1. The number of nitrogens with one attached hydrogen (secondary N) is 3. The van der Waals surface area contributed by atoms with Gasteiger partial charge >= 0.3 is 0 Å². The molecule has 4 saturated carbocycles. The molecule has 0 spiro atoms. The third-order valence-electron chi connectivity index (χ3n) is 6.85. The zero-order valence-corrected chi connectivity index (χ0v) is 17.5. The number of hydrazine groups is 1. The Morgan fingerprint density at radius 3 is 2.13 bits per heavy atom. The Labute approximate surface area is 181 Å². The number of nitriles is 1. The maximum atomic E-state index is 12.9. The fraction of sp³-hybridized carbons (Fsp3) is 0.565. The molecular weight excluding hydrogens is 396 g/mol. The van der Waals surface area contributed by atoms with E-state index in [1.165, 1.54) is 19.3 Å². The minimum absolute atomic E-state index is 0.0921. The van der Waals surface area contributed by atoms with Gasteiger partial charge < -0.3 is 10.1 Å². The van der Waals surface area contributed by atoms with E-state index in [0.29, 0.717) is 29.1 Å². The predicted octanol–water partition coefficient (Wildman–Crippen LogP) is 1.81. The zero-order valence-electron chi connectivity index (χ0n) is 17.5. The van der Waals surface area contributed by atoms with E-state index in [1.807, 2.05) is 6.07 Å². The van der Waals surface area contributed by atoms with Gasteiger partial charge in [-0.3, -0.25) is 25.2 Å². The smallest absolute Gasteiger partial charge is 0.276 e. The molecular formula is C23H28N4O4. The number of carbonyl (C=O) groups is 3. The highest BCUT2D eigenvalue weighted by molar-refractivity contribution is 5.85. The van der Waals surface area contributed by atoms with Crippen molar-refractivity contribution in [3.63, 3.8) is 0 Å². The average Bonchev–Trinajstić information content (AvgIpc) is 2.75. The summed E-state index contributed by atoms with van der Waals surface area (Å²) in [5.41, 5.74) is 4.91. The van der Waals surface area contributed by atoms with Crippen LogP contribution in [0.1, 0.15) is 50.5 Å². The lowest BCUT2D eigenvalue weighted by atomic mass is 9.49. The molecule has 3 N–H and O–H groups in total. The van der Waals surface area contributed by atoms with E-state index >= 15 is 0 Å². The molecule has 4 bridgehead atoms. The molecule has 1 aromatic rings. The molecule has 4 fully saturated rings. The normalized spacial score (nSPS) is 27.8. The monoisotopic (exact) mass is 424 g/mol. The van der Waals surface area contributed by atoms with Crippen LogP contribution >= 0.6 is 0 Å². The van der Waals surface area contributed by atoms with E-state index < -0.39 is 5.91 Å². The first kappa shape index (κ1) is 21.2. The van der Waals surface area contributed by atoms with E-state index in [2.05, 4.69) is 16.2 Å². The standard InChI is InChI=1S/C23H28N4O4/c24-13-15-1-3-19(4-2-15)31-14-21(29)27-26-20(28)5-6-25-22(30)23-10-16-7-17(11-23)9-18(8-16)12-23/h1-4,16-18H,5-12,14H2,(H,25,30)(H,26,28)(H,27,29). The van der Waals surface area contributed by atoms with Crippen molar-refractivity contribution in [3.05, 3.63) is 29.8 Å². The lowest BCUT2D eigenvalue weighted by molar-refractivity contribution is -0.146. The third kappa shape index (κ3) is 4.98. The number of carbonyl (C=O) groups excluding carboxylic acids is 3. The van der Waals surface area contributed by atoms with Crippen molar-refractivity contribution in [2.45, 2.75) is 44.9 Å². The van der Waals surface area contributed by atoms with E-state index in [4.69, 9.17) is 10.00 Å². The van der Waals surface area contributed by atoms with E-state index in [0.717, 1.165) is 19.3 Å². The Hall–Kier alpha value is -3.08. The van der Waals surface area contributed by atoms with Crippen LogP contribution in [-0.2, 0) is 14.4 Å².